The van der Waals surface area contributed by atoms with Gasteiger partial charge in [-0.15, -0.1) is 0 Å². The lowest BCUT2D eigenvalue weighted by molar-refractivity contribution is 0.0864. The molecule has 0 unspecified atom stereocenters. The number of hydrogen-bond acceptors (Lipinski definition) is 7. The van der Waals surface area contributed by atoms with Crippen molar-refractivity contribution in [3.63, 3.8) is 0 Å². The maximum atomic E-state index is 12.8. The number of aryl methyl sites for hydroxylation is 1. The van der Waals surface area contributed by atoms with Crippen LogP contribution < -0.4 is 16.6 Å². The van der Waals surface area contributed by atoms with E-state index in [2.05, 4.69) is 10.3 Å². The average Bonchev–Trinajstić information content (AvgIpc) is 3.57. The molecule has 12 heteroatoms. The van der Waals surface area contributed by atoms with Crippen LogP contribution in [0.1, 0.15) is 33.6 Å². The summed E-state index contributed by atoms with van der Waals surface area (Å²) < 4.78 is 28.6. The predicted molar refractivity (Wildman–Crippen MR) is 113 cm³/mol. The van der Waals surface area contributed by atoms with Crippen molar-refractivity contribution in [2.75, 3.05) is 5.32 Å². The number of sulfonamides is 1. The summed E-state index contributed by atoms with van der Waals surface area (Å²) in [6.07, 6.45) is 2.56. The van der Waals surface area contributed by atoms with Crippen LogP contribution >= 0.6 is 0 Å². The van der Waals surface area contributed by atoms with Crippen molar-refractivity contribution in [3.05, 3.63) is 62.4 Å². The molecule has 1 aliphatic heterocycles. The summed E-state index contributed by atoms with van der Waals surface area (Å²) in [5, 5.41) is 2.71. The molecule has 1 aromatic carbocycles. The third-order valence-electron chi connectivity index (χ3n) is 5.64. The van der Waals surface area contributed by atoms with Gasteiger partial charge in [0.25, 0.3) is 27.4 Å². The number of fused-ring (bicyclic) bond motifs is 2. The number of nitrogens with zero attached hydrogens (tertiary/aromatic N) is 4. The lowest BCUT2D eigenvalue weighted by Gasteiger charge is -2.13. The second-order valence-electron chi connectivity index (χ2n) is 7.80. The van der Waals surface area contributed by atoms with Gasteiger partial charge < -0.3 is 5.32 Å². The van der Waals surface area contributed by atoms with Crippen molar-refractivity contribution in [2.24, 2.45) is 14.1 Å². The second kappa shape index (κ2) is 6.60. The molecule has 2 aromatic heterocycles. The Kier molecular flexibility index (Phi) is 4.15. The fraction of sp³-hybridized carbons (Fsp3) is 0.250. The Morgan fingerprint density at radius 2 is 1.81 bits per heavy atom. The molecule has 5 rings (SSSR count). The molecule has 11 nitrogen and oxygen atoms in total. The summed E-state index contributed by atoms with van der Waals surface area (Å²) in [7, 11) is -1.18. The van der Waals surface area contributed by atoms with E-state index >= 15 is 0 Å². The molecular weight excluding hydrogens is 438 g/mol. The van der Waals surface area contributed by atoms with Crippen LogP contribution in [-0.2, 0) is 24.1 Å². The molecule has 2 amide bonds. The van der Waals surface area contributed by atoms with Crippen molar-refractivity contribution in [1.82, 2.24) is 18.4 Å². The maximum absolute atomic E-state index is 12.8. The predicted octanol–water partition coefficient (Wildman–Crippen LogP) is 0.191. The second-order valence-corrected chi connectivity index (χ2v) is 9.59. The number of pyridine rings is 1. The molecule has 0 bridgehead atoms. The van der Waals surface area contributed by atoms with Crippen LogP contribution in [0.2, 0.25) is 0 Å². The first-order chi connectivity index (χ1) is 15.1. The van der Waals surface area contributed by atoms with Gasteiger partial charge in [0.15, 0.2) is 0 Å². The SMILES string of the molecule is Cn1c(=O)c2cc(NC(=O)c3ccc4c(c3)S(=O)(=O)N(C3CC3)C4=O)cnc2n(C)c1=O. The highest BCUT2D eigenvalue weighted by atomic mass is 32.2. The summed E-state index contributed by atoms with van der Waals surface area (Å²) in [6, 6.07) is 4.95. The number of carbonyl (C=O) groups excluding carboxylic acids is 2. The Hall–Kier alpha value is -3.80. The number of nitrogens with one attached hydrogen (secondary N) is 1. The molecule has 2 aliphatic rings. The van der Waals surface area contributed by atoms with E-state index in [9.17, 15) is 27.6 Å². The molecule has 0 saturated heterocycles. The minimum Gasteiger partial charge on any atom is -0.321 e. The van der Waals surface area contributed by atoms with Gasteiger partial charge in [0, 0.05) is 25.7 Å². The smallest absolute Gasteiger partial charge is 0.321 e. The molecule has 1 saturated carbocycles. The van der Waals surface area contributed by atoms with Crippen LogP contribution in [0.5, 0.6) is 0 Å². The van der Waals surface area contributed by atoms with Crippen LogP contribution in [0.3, 0.4) is 0 Å². The number of anilines is 1. The molecule has 1 fully saturated rings. The summed E-state index contributed by atoms with van der Waals surface area (Å²) in [6.45, 7) is 0. The van der Waals surface area contributed by atoms with Gasteiger partial charge >= 0.3 is 5.69 Å². The van der Waals surface area contributed by atoms with Crippen molar-refractivity contribution >= 4 is 38.6 Å². The van der Waals surface area contributed by atoms with E-state index in [-0.39, 0.29) is 38.8 Å². The monoisotopic (exact) mass is 455 g/mol. The minimum atomic E-state index is -3.99. The standard InChI is InChI=1S/C20H17N5O6S/c1-23-16-14(18(27)24(2)20(23)29)8-11(9-21-16)22-17(26)10-3-6-13-15(7-10)32(30,31)25(19(13)28)12-4-5-12/h3,6-9,12H,4-5H2,1-2H3,(H,22,26). The lowest BCUT2D eigenvalue weighted by Crippen LogP contribution is -2.37. The summed E-state index contributed by atoms with van der Waals surface area (Å²) >= 11 is 0. The van der Waals surface area contributed by atoms with E-state index in [1.807, 2.05) is 0 Å². The highest BCUT2D eigenvalue weighted by molar-refractivity contribution is 7.90. The first-order valence-electron chi connectivity index (χ1n) is 9.71. The first kappa shape index (κ1) is 20.1. The number of amides is 2. The van der Waals surface area contributed by atoms with E-state index in [1.54, 1.807) is 0 Å². The van der Waals surface area contributed by atoms with E-state index in [0.717, 1.165) is 8.87 Å². The molecule has 3 heterocycles. The van der Waals surface area contributed by atoms with Crippen LogP contribution in [-0.4, -0.2) is 44.7 Å². The molecule has 32 heavy (non-hydrogen) atoms. The van der Waals surface area contributed by atoms with E-state index in [0.29, 0.717) is 12.8 Å². The maximum Gasteiger partial charge on any atom is 0.332 e. The number of benzene rings is 1. The van der Waals surface area contributed by atoms with E-state index in [4.69, 9.17) is 0 Å². The molecule has 0 atom stereocenters. The largest absolute Gasteiger partial charge is 0.332 e. The van der Waals surface area contributed by atoms with Crippen molar-refractivity contribution in [3.8, 4) is 0 Å². The minimum absolute atomic E-state index is 0.0335. The fourth-order valence-corrected chi connectivity index (χ4v) is 5.64. The molecule has 1 N–H and O–H groups in total. The van der Waals surface area contributed by atoms with Gasteiger partial charge in [-0.1, -0.05) is 0 Å². The lowest BCUT2D eigenvalue weighted by atomic mass is 10.1. The van der Waals surface area contributed by atoms with Crippen LogP contribution in [0.4, 0.5) is 5.69 Å². The average molecular weight is 455 g/mol. The summed E-state index contributed by atoms with van der Waals surface area (Å²) in [5.74, 6) is -1.21. The van der Waals surface area contributed by atoms with Gasteiger partial charge in [-0.2, -0.15) is 0 Å². The van der Waals surface area contributed by atoms with Gasteiger partial charge in [0.05, 0.1) is 22.8 Å². The third-order valence-corrected chi connectivity index (χ3v) is 7.52. The van der Waals surface area contributed by atoms with Crippen molar-refractivity contribution in [1.29, 1.82) is 0 Å². The summed E-state index contributed by atoms with van der Waals surface area (Å²) in [4.78, 5) is 53.6. The van der Waals surface area contributed by atoms with Gasteiger partial charge in [0.1, 0.15) is 10.5 Å². The van der Waals surface area contributed by atoms with E-state index in [1.165, 1.54) is 49.1 Å². The number of carbonyl (C=O) groups is 2. The van der Waals surface area contributed by atoms with Crippen LogP contribution in [0.25, 0.3) is 11.0 Å². The zero-order chi connectivity index (χ0) is 22.9. The zero-order valence-electron chi connectivity index (χ0n) is 17.0. The Labute approximate surface area is 181 Å². The number of aromatic nitrogens is 3. The fourth-order valence-electron chi connectivity index (χ4n) is 3.80. The van der Waals surface area contributed by atoms with Crippen molar-refractivity contribution < 1.29 is 18.0 Å². The number of rotatable bonds is 3. The normalized spacial score (nSPS) is 16.9. The van der Waals surface area contributed by atoms with Gasteiger partial charge in [-0.25, -0.2) is 22.5 Å². The van der Waals surface area contributed by atoms with Crippen LogP contribution in [0, 0.1) is 0 Å². The third kappa shape index (κ3) is 2.79. The Bertz CT molecular complexity index is 1580. The molecular formula is C20H17N5O6S. The molecule has 164 valence electrons. The topological polar surface area (TPSA) is 140 Å². The molecule has 3 aromatic rings. The van der Waals surface area contributed by atoms with Crippen LogP contribution in [0.15, 0.2) is 44.9 Å². The van der Waals surface area contributed by atoms with Gasteiger partial charge in [-0.3, -0.25) is 23.5 Å². The first-order valence-corrected chi connectivity index (χ1v) is 11.1. The Balaban J connectivity index is 1.50. The molecule has 0 spiro atoms. The summed E-state index contributed by atoms with van der Waals surface area (Å²) in [5.41, 5.74) is -0.651. The number of hydrogen-bond donors (Lipinski definition) is 1. The highest BCUT2D eigenvalue weighted by Gasteiger charge is 2.48. The molecule has 0 radical (unpaired) electrons. The highest BCUT2D eigenvalue weighted by Crippen LogP contribution is 2.39. The quantitative estimate of drug-likeness (QED) is 0.594. The van der Waals surface area contributed by atoms with Crippen molar-refractivity contribution in [2.45, 2.75) is 23.8 Å². The molecule has 1 aliphatic carbocycles. The van der Waals surface area contributed by atoms with Gasteiger partial charge in [0.2, 0.25) is 0 Å². The Morgan fingerprint density at radius 3 is 2.50 bits per heavy atom. The van der Waals surface area contributed by atoms with Gasteiger partial charge in [-0.05, 0) is 37.1 Å². The van der Waals surface area contributed by atoms with E-state index < -0.39 is 33.1 Å². The Morgan fingerprint density at radius 1 is 1.09 bits per heavy atom. The zero-order valence-corrected chi connectivity index (χ0v) is 17.8.